The maximum absolute atomic E-state index is 12.3. The van der Waals surface area contributed by atoms with Gasteiger partial charge in [0.05, 0.1) is 0 Å². The zero-order chi connectivity index (χ0) is 17.1. The van der Waals surface area contributed by atoms with E-state index < -0.39 is 0 Å². The lowest BCUT2D eigenvalue weighted by atomic mass is 10.1. The number of rotatable bonds is 5. The average Bonchev–Trinajstić information content (AvgIpc) is 3.38. The van der Waals surface area contributed by atoms with Crippen molar-refractivity contribution < 1.29 is 9.59 Å². The van der Waals surface area contributed by atoms with E-state index in [4.69, 9.17) is 11.6 Å². The molecule has 5 nitrogen and oxygen atoms in total. The molecule has 2 aromatic rings. The van der Waals surface area contributed by atoms with Gasteiger partial charge in [-0.1, -0.05) is 23.7 Å². The Bertz CT molecular complexity index is 757. The van der Waals surface area contributed by atoms with Crippen LogP contribution in [0.2, 0.25) is 5.02 Å². The van der Waals surface area contributed by atoms with Crippen LogP contribution in [0, 0.1) is 0 Å². The molecule has 0 bridgehead atoms. The number of aromatic nitrogens is 1. The van der Waals surface area contributed by atoms with Gasteiger partial charge < -0.3 is 10.2 Å². The molecule has 0 radical (unpaired) electrons. The third kappa shape index (κ3) is 4.11. The first kappa shape index (κ1) is 16.5. The Hall–Kier alpha value is -2.40. The normalized spacial score (nSPS) is 13.4. The summed E-state index contributed by atoms with van der Waals surface area (Å²) in [4.78, 5) is 29.9. The lowest BCUT2D eigenvalue weighted by Crippen LogP contribution is -2.27. The summed E-state index contributed by atoms with van der Waals surface area (Å²) in [7, 11) is 1.71. The van der Waals surface area contributed by atoms with Gasteiger partial charge in [0.1, 0.15) is 5.69 Å². The first-order valence-corrected chi connectivity index (χ1v) is 8.17. The van der Waals surface area contributed by atoms with Crippen molar-refractivity contribution in [3.8, 4) is 0 Å². The van der Waals surface area contributed by atoms with Gasteiger partial charge in [0, 0.05) is 36.4 Å². The van der Waals surface area contributed by atoms with Crippen LogP contribution >= 0.6 is 11.6 Å². The summed E-state index contributed by atoms with van der Waals surface area (Å²) in [6.07, 6.45) is 3.64. The minimum Gasteiger partial charge on any atom is -0.349 e. The molecule has 1 aromatic carbocycles. The quantitative estimate of drug-likeness (QED) is 0.908. The number of pyridine rings is 1. The molecule has 2 amide bonds. The number of nitrogens with zero attached hydrogens (tertiary/aromatic N) is 2. The first-order valence-electron chi connectivity index (χ1n) is 7.80. The molecule has 1 aromatic heterocycles. The Morgan fingerprint density at radius 2 is 1.96 bits per heavy atom. The number of carbonyl (C=O) groups excluding carboxylic acids is 2. The number of hydrogen-bond donors (Lipinski definition) is 1. The molecule has 0 atom stereocenters. The minimum atomic E-state index is -0.201. The van der Waals surface area contributed by atoms with Crippen molar-refractivity contribution >= 4 is 23.4 Å². The van der Waals surface area contributed by atoms with Gasteiger partial charge in [-0.15, -0.1) is 0 Å². The summed E-state index contributed by atoms with van der Waals surface area (Å²) < 4.78 is 0. The molecule has 1 aliphatic rings. The maximum atomic E-state index is 12.3. The van der Waals surface area contributed by atoms with Crippen molar-refractivity contribution in [3.05, 3.63) is 64.4 Å². The highest BCUT2D eigenvalue weighted by Crippen LogP contribution is 2.19. The van der Waals surface area contributed by atoms with E-state index in [9.17, 15) is 9.59 Å². The number of benzene rings is 1. The van der Waals surface area contributed by atoms with E-state index in [1.54, 1.807) is 36.2 Å². The molecule has 124 valence electrons. The van der Waals surface area contributed by atoms with Crippen LogP contribution in [-0.2, 0) is 6.54 Å². The highest BCUT2D eigenvalue weighted by Gasteiger charge is 2.23. The molecular weight excluding hydrogens is 326 g/mol. The zero-order valence-corrected chi connectivity index (χ0v) is 14.1. The molecule has 0 unspecified atom stereocenters. The highest BCUT2D eigenvalue weighted by atomic mass is 35.5. The molecule has 24 heavy (non-hydrogen) atoms. The monoisotopic (exact) mass is 343 g/mol. The average molecular weight is 344 g/mol. The summed E-state index contributed by atoms with van der Waals surface area (Å²) in [6.45, 7) is 0.428. The van der Waals surface area contributed by atoms with Crippen LogP contribution in [0.4, 0.5) is 0 Å². The third-order valence-electron chi connectivity index (χ3n) is 3.84. The van der Waals surface area contributed by atoms with E-state index in [0.29, 0.717) is 28.9 Å². The van der Waals surface area contributed by atoms with E-state index in [1.165, 1.54) is 6.20 Å². The third-order valence-corrected chi connectivity index (χ3v) is 4.07. The molecule has 1 fully saturated rings. The summed E-state index contributed by atoms with van der Waals surface area (Å²) in [5, 5.41) is 3.43. The molecule has 1 aliphatic carbocycles. The van der Waals surface area contributed by atoms with Gasteiger partial charge in [-0.3, -0.25) is 14.6 Å². The number of carbonyl (C=O) groups is 2. The predicted octanol–water partition coefficient (Wildman–Crippen LogP) is 2.90. The fourth-order valence-electron chi connectivity index (χ4n) is 2.32. The largest absolute Gasteiger partial charge is 0.349 e. The Kier molecular flexibility index (Phi) is 4.81. The molecule has 1 saturated carbocycles. The van der Waals surface area contributed by atoms with E-state index in [0.717, 1.165) is 18.4 Å². The maximum Gasteiger partial charge on any atom is 0.272 e. The van der Waals surface area contributed by atoms with Crippen molar-refractivity contribution in [1.29, 1.82) is 0 Å². The van der Waals surface area contributed by atoms with Crippen LogP contribution in [0.3, 0.4) is 0 Å². The van der Waals surface area contributed by atoms with Crippen LogP contribution in [-0.4, -0.2) is 34.8 Å². The lowest BCUT2D eigenvalue weighted by molar-refractivity contribution is 0.0779. The number of nitrogens with one attached hydrogen (secondary N) is 1. The zero-order valence-electron chi connectivity index (χ0n) is 13.3. The van der Waals surface area contributed by atoms with Crippen molar-refractivity contribution in [3.63, 3.8) is 0 Å². The van der Waals surface area contributed by atoms with Gasteiger partial charge in [0.2, 0.25) is 0 Å². The SMILES string of the molecule is CN(Cc1ccc(C(=O)NC2CC2)cc1)C(=O)c1cc(Cl)ccn1. The fourth-order valence-corrected chi connectivity index (χ4v) is 2.48. The van der Waals surface area contributed by atoms with Crippen molar-refractivity contribution in [2.75, 3.05) is 7.05 Å². The molecule has 3 rings (SSSR count). The van der Waals surface area contributed by atoms with E-state index in [1.807, 2.05) is 12.1 Å². The molecular formula is C18H18ClN3O2. The van der Waals surface area contributed by atoms with E-state index in [-0.39, 0.29) is 11.8 Å². The van der Waals surface area contributed by atoms with Gasteiger partial charge in [-0.2, -0.15) is 0 Å². The lowest BCUT2D eigenvalue weighted by Gasteiger charge is -2.17. The van der Waals surface area contributed by atoms with Gasteiger partial charge in [-0.25, -0.2) is 0 Å². The summed E-state index contributed by atoms with van der Waals surface area (Å²) in [5.74, 6) is -0.246. The molecule has 0 saturated heterocycles. The molecule has 1 N–H and O–H groups in total. The number of amides is 2. The standard InChI is InChI=1S/C18H18ClN3O2/c1-22(18(24)16-10-14(19)8-9-20-16)11-12-2-4-13(5-3-12)17(23)21-15-6-7-15/h2-5,8-10,15H,6-7,11H2,1H3,(H,21,23). The van der Waals surface area contributed by atoms with E-state index in [2.05, 4.69) is 10.3 Å². The molecule has 0 spiro atoms. The van der Waals surface area contributed by atoms with Gasteiger partial charge in [0.25, 0.3) is 11.8 Å². The van der Waals surface area contributed by atoms with Crippen molar-refractivity contribution in [2.45, 2.75) is 25.4 Å². The second-order valence-corrected chi connectivity index (χ2v) is 6.40. The smallest absolute Gasteiger partial charge is 0.272 e. The Balaban J connectivity index is 1.62. The molecule has 0 aliphatic heterocycles. The van der Waals surface area contributed by atoms with Crippen LogP contribution in [0.15, 0.2) is 42.6 Å². The Morgan fingerprint density at radius 1 is 1.25 bits per heavy atom. The Labute approximate surface area is 145 Å². The number of halogens is 1. The number of hydrogen-bond acceptors (Lipinski definition) is 3. The van der Waals surface area contributed by atoms with Gasteiger partial charge >= 0.3 is 0 Å². The molecule has 6 heteroatoms. The van der Waals surface area contributed by atoms with Crippen LogP contribution in [0.5, 0.6) is 0 Å². The molecule has 1 heterocycles. The van der Waals surface area contributed by atoms with E-state index >= 15 is 0 Å². The highest BCUT2D eigenvalue weighted by molar-refractivity contribution is 6.30. The van der Waals surface area contributed by atoms with Gasteiger partial charge in [0.15, 0.2) is 0 Å². The van der Waals surface area contributed by atoms with Crippen molar-refractivity contribution in [2.24, 2.45) is 0 Å². The fraction of sp³-hybridized carbons (Fsp3) is 0.278. The second kappa shape index (κ2) is 7.01. The Morgan fingerprint density at radius 3 is 2.58 bits per heavy atom. The topological polar surface area (TPSA) is 62.3 Å². The van der Waals surface area contributed by atoms with Crippen LogP contribution < -0.4 is 5.32 Å². The first-order chi connectivity index (χ1) is 11.5. The summed E-state index contributed by atoms with van der Waals surface area (Å²) in [5.41, 5.74) is 1.89. The summed E-state index contributed by atoms with van der Waals surface area (Å²) in [6, 6.07) is 10.8. The van der Waals surface area contributed by atoms with Crippen LogP contribution in [0.1, 0.15) is 39.3 Å². The predicted molar refractivity (Wildman–Crippen MR) is 92.0 cm³/mol. The summed E-state index contributed by atoms with van der Waals surface area (Å²) >= 11 is 5.89. The van der Waals surface area contributed by atoms with Crippen LogP contribution in [0.25, 0.3) is 0 Å². The van der Waals surface area contributed by atoms with Gasteiger partial charge in [-0.05, 0) is 42.7 Å². The minimum absolute atomic E-state index is 0.0448. The second-order valence-electron chi connectivity index (χ2n) is 5.97. The van der Waals surface area contributed by atoms with Crippen molar-refractivity contribution in [1.82, 2.24) is 15.2 Å².